The highest BCUT2D eigenvalue weighted by Gasteiger charge is 2.14. The maximum atomic E-state index is 12.1. The topological polar surface area (TPSA) is 139 Å². The van der Waals surface area contributed by atoms with Gasteiger partial charge in [0.2, 0.25) is 6.33 Å². The standard InChI is InChI=1S/C12H13N9O3/c1-18-9(2-4-15-18)6-13-11(22)10-3-5-19(16-10)8-20-7-14-12(17-20)21(23)24/h2-5,7H,6,8H2,1H3,(H,13,22). The van der Waals surface area contributed by atoms with E-state index in [2.05, 4.69) is 25.6 Å². The van der Waals surface area contributed by atoms with Gasteiger partial charge >= 0.3 is 5.95 Å². The van der Waals surface area contributed by atoms with Gasteiger partial charge in [0.1, 0.15) is 5.69 Å². The molecule has 24 heavy (non-hydrogen) atoms. The predicted molar refractivity (Wildman–Crippen MR) is 78.7 cm³/mol. The molecule has 0 saturated carbocycles. The number of aromatic nitrogens is 7. The number of hydrogen-bond donors (Lipinski definition) is 1. The average Bonchev–Trinajstić information content (AvgIpc) is 3.27. The molecular formula is C12H13N9O3. The van der Waals surface area contributed by atoms with Crippen LogP contribution in [-0.2, 0) is 20.3 Å². The molecule has 3 aromatic heterocycles. The summed E-state index contributed by atoms with van der Waals surface area (Å²) < 4.78 is 4.34. The monoisotopic (exact) mass is 331 g/mol. The van der Waals surface area contributed by atoms with Crippen molar-refractivity contribution in [2.45, 2.75) is 13.2 Å². The number of hydrogen-bond acceptors (Lipinski definition) is 7. The van der Waals surface area contributed by atoms with E-state index < -0.39 is 10.9 Å². The first-order valence-electron chi connectivity index (χ1n) is 6.85. The molecule has 0 fully saturated rings. The third kappa shape index (κ3) is 3.26. The molecule has 0 aromatic carbocycles. The Kier molecular flexibility index (Phi) is 4.01. The summed E-state index contributed by atoms with van der Waals surface area (Å²) in [6, 6.07) is 3.35. The average molecular weight is 331 g/mol. The zero-order valence-corrected chi connectivity index (χ0v) is 12.6. The van der Waals surface area contributed by atoms with E-state index in [0.717, 1.165) is 5.69 Å². The van der Waals surface area contributed by atoms with Crippen LogP contribution in [-0.4, -0.2) is 45.2 Å². The first kappa shape index (κ1) is 15.3. The second-order valence-corrected chi connectivity index (χ2v) is 4.85. The summed E-state index contributed by atoms with van der Waals surface area (Å²) in [5, 5.41) is 25.1. The van der Waals surface area contributed by atoms with Gasteiger partial charge in [0.05, 0.1) is 12.2 Å². The Hall–Kier alpha value is -3.57. The van der Waals surface area contributed by atoms with Crippen molar-refractivity contribution in [3.63, 3.8) is 0 Å². The van der Waals surface area contributed by atoms with Gasteiger partial charge in [0.25, 0.3) is 5.91 Å². The van der Waals surface area contributed by atoms with E-state index in [9.17, 15) is 14.9 Å². The lowest BCUT2D eigenvalue weighted by Gasteiger charge is -2.03. The SMILES string of the molecule is Cn1nccc1CNC(=O)c1ccn(Cn2cnc([N+](=O)[O-])n2)n1. The summed E-state index contributed by atoms with van der Waals surface area (Å²) in [7, 11) is 1.79. The quantitative estimate of drug-likeness (QED) is 0.477. The highest BCUT2D eigenvalue weighted by Crippen LogP contribution is 2.02. The first-order chi connectivity index (χ1) is 11.5. The largest absolute Gasteiger partial charge is 0.491 e. The molecule has 0 atom stereocenters. The second-order valence-electron chi connectivity index (χ2n) is 4.85. The summed E-state index contributed by atoms with van der Waals surface area (Å²) in [5.41, 5.74) is 1.09. The number of nitro groups is 1. The summed E-state index contributed by atoms with van der Waals surface area (Å²) in [5.74, 6) is -0.823. The van der Waals surface area contributed by atoms with Crippen molar-refractivity contribution >= 4 is 11.9 Å². The molecule has 3 heterocycles. The maximum absolute atomic E-state index is 12.1. The van der Waals surface area contributed by atoms with Gasteiger partial charge in [-0.1, -0.05) is 4.98 Å². The Bertz CT molecular complexity index is 878. The minimum atomic E-state index is -0.684. The highest BCUT2D eigenvalue weighted by atomic mass is 16.6. The molecule has 12 heteroatoms. The maximum Gasteiger partial charge on any atom is 0.491 e. The molecule has 12 nitrogen and oxygen atoms in total. The van der Waals surface area contributed by atoms with Crippen LogP contribution in [0.3, 0.4) is 0 Å². The van der Waals surface area contributed by atoms with Gasteiger partial charge in [-0.25, -0.2) is 4.68 Å². The molecule has 124 valence electrons. The first-order valence-corrected chi connectivity index (χ1v) is 6.85. The van der Waals surface area contributed by atoms with Gasteiger partial charge in [-0.2, -0.15) is 14.9 Å². The van der Waals surface area contributed by atoms with Crippen molar-refractivity contribution < 1.29 is 9.72 Å². The molecule has 1 N–H and O–H groups in total. The molecule has 0 bridgehead atoms. The van der Waals surface area contributed by atoms with Crippen molar-refractivity contribution in [3.05, 3.63) is 52.4 Å². The number of nitrogens with one attached hydrogen (secondary N) is 1. The van der Waals surface area contributed by atoms with Gasteiger partial charge in [-0.05, 0) is 17.1 Å². The van der Waals surface area contributed by atoms with Crippen LogP contribution in [0.25, 0.3) is 0 Å². The lowest BCUT2D eigenvalue weighted by Crippen LogP contribution is -2.24. The van der Waals surface area contributed by atoms with Crippen molar-refractivity contribution in [3.8, 4) is 0 Å². The summed E-state index contributed by atoms with van der Waals surface area (Å²) in [6.45, 7) is 0.438. The number of carbonyl (C=O) groups is 1. The third-order valence-electron chi connectivity index (χ3n) is 3.20. The van der Waals surface area contributed by atoms with Crippen LogP contribution >= 0.6 is 0 Å². The Morgan fingerprint density at radius 1 is 1.33 bits per heavy atom. The van der Waals surface area contributed by atoms with Crippen LogP contribution in [0.1, 0.15) is 16.2 Å². The molecule has 0 radical (unpaired) electrons. The van der Waals surface area contributed by atoms with E-state index in [4.69, 9.17) is 0 Å². The fourth-order valence-corrected chi connectivity index (χ4v) is 1.98. The molecule has 3 rings (SSSR count). The van der Waals surface area contributed by atoms with Crippen LogP contribution in [0.2, 0.25) is 0 Å². The zero-order valence-electron chi connectivity index (χ0n) is 12.6. The van der Waals surface area contributed by atoms with Gasteiger partial charge in [0.15, 0.2) is 6.67 Å². The Morgan fingerprint density at radius 2 is 2.17 bits per heavy atom. The van der Waals surface area contributed by atoms with Crippen LogP contribution < -0.4 is 5.32 Å². The van der Waals surface area contributed by atoms with E-state index in [-0.39, 0.29) is 18.3 Å². The van der Waals surface area contributed by atoms with Crippen molar-refractivity contribution in [2.24, 2.45) is 7.05 Å². The molecule has 0 saturated heterocycles. The smallest absolute Gasteiger partial charge is 0.390 e. The Morgan fingerprint density at radius 3 is 2.83 bits per heavy atom. The van der Waals surface area contributed by atoms with E-state index in [1.807, 2.05) is 0 Å². The summed E-state index contributed by atoms with van der Waals surface area (Å²) >= 11 is 0. The lowest BCUT2D eigenvalue weighted by atomic mass is 10.3. The van der Waals surface area contributed by atoms with Crippen molar-refractivity contribution in [2.75, 3.05) is 0 Å². The van der Waals surface area contributed by atoms with Gasteiger partial charge in [0, 0.05) is 24.5 Å². The normalized spacial score (nSPS) is 10.7. The van der Waals surface area contributed by atoms with Gasteiger partial charge in [-0.3, -0.25) is 9.48 Å². The predicted octanol–water partition coefficient (Wildman–Crippen LogP) is -0.448. The molecule has 0 aliphatic rings. The van der Waals surface area contributed by atoms with Crippen LogP contribution in [0, 0.1) is 10.1 Å². The van der Waals surface area contributed by atoms with E-state index >= 15 is 0 Å². The number of nitrogens with zero attached hydrogens (tertiary/aromatic N) is 8. The fourth-order valence-electron chi connectivity index (χ4n) is 1.98. The molecule has 0 unspecified atom stereocenters. The van der Waals surface area contributed by atoms with Crippen molar-refractivity contribution in [1.82, 2.24) is 39.6 Å². The molecule has 0 aliphatic carbocycles. The van der Waals surface area contributed by atoms with E-state index in [1.54, 1.807) is 36.3 Å². The van der Waals surface area contributed by atoms with Gasteiger partial charge < -0.3 is 15.4 Å². The third-order valence-corrected chi connectivity index (χ3v) is 3.20. The molecule has 3 aromatic rings. The highest BCUT2D eigenvalue weighted by molar-refractivity contribution is 5.92. The van der Waals surface area contributed by atoms with E-state index in [1.165, 1.54) is 15.7 Å². The van der Waals surface area contributed by atoms with Crippen LogP contribution in [0.4, 0.5) is 5.95 Å². The molecular weight excluding hydrogens is 318 g/mol. The number of amides is 1. The summed E-state index contributed by atoms with van der Waals surface area (Å²) in [4.78, 5) is 25.5. The lowest BCUT2D eigenvalue weighted by molar-refractivity contribution is -0.394. The summed E-state index contributed by atoms with van der Waals surface area (Å²) in [6.07, 6.45) is 4.45. The van der Waals surface area contributed by atoms with Crippen molar-refractivity contribution in [1.29, 1.82) is 0 Å². The number of rotatable bonds is 6. The zero-order chi connectivity index (χ0) is 17.1. The Labute approximate surface area is 134 Å². The van der Waals surface area contributed by atoms with Crippen LogP contribution in [0.15, 0.2) is 30.9 Å². The molecule has 1 amide bonds. The van der Waals surface area contributed by atoms with E-state index in [0.29, 0.717) is 6.54 Å². The Balaban J connectivity index is 1.60. The number of aryl methyl sites for hydroxylation is 1. The van der Waals surface area contributed by atoms with Crippen LogP contribution in [0.5, 0.6) is 0 Å². The second kappa shape index (κ2) is 6.28. The molecule has 0 spiro atoms. The number of carbonyl (C=O) groups excluding carboxylic acids is 1. The fraction of sp³-hybridized carbons (Fsp3) is 0.250. The minimum absolute atomic E-state index is 0.107. The molecule has 0 aliphatic heterocycles. The van der Waals surface area contributed by atoms with Gasteiger partial charge in [-0.15, -0.1) is 0 Å². The minimum Gasteiger partial charge on any atom is -0.390 e.